The van der Waals surface area contributed by atoms with Gasteiger partial charge in [0, 0.05) is 24.3 Å². The number of amides is 1. The Morgan fingerprint density at radius 3 is 2.33 bits per heavy atom. The zero-order chi connectivity index (χ0) is 17.1. The molecular weight excluding hydrogens is 320 g/mol. The number of carbonyl (C=O) groups is 1. The summed E-state index contributed by atoms with van der Waals surface area (Å²) in [4.78, 5) is 14.7. The van der Waals surface area contributed by atoms with Crippen LogP contribution in [-0.4, -0.2) is 19.0 Å². The molecule has 0 radical (unpaired) electrons. The van der Waals surface area contributed by atoms with Gasteiger partial charge in [-0.2, -0.15) is 0 Å². The fourth-order valence-corrected chi connectivity index (χ4v) is 3.32. The number of nitrogens with one attached hydrogen (secondary N) is 1. The Hall–Kier alpha value is -2.00. The number of carbonyl (C=O) groups excluding carboxylic acids is 1. The zero-order valence-electron chi connectivity index (χ0n) is 14.2. The van der Waals surface area contributed by atoms with Crippen LogP contribution in [0.3, 0.4) is 0 Å². The Balaban J connectivity index is 1.71. The highest BCUT2D eigenvalue weighted by Gasteiger charge is 2.16. The number of hydrogen-bond acceptors (Lipinski definition) is 2. The van der Waals surface area contributed by atoms with Crippen molar-refractivity contribution in [1.29, 1.82) is 0 Å². The van der Waals surface area contributed by atoms with Crippen molar-refractivity contribution in [2.24, 2.45) is 0 Å². The second-order valence-corrected chi connectivity index (χ2v) is 7.00. The fraction of sp³-hybridized carbons (Fsp3) is 0.350. The summed E-state index contributed by atoms with van der Waals surface area (Å²) in [5.74, 6) is 0.342. The van der Waals surface area contributed by atoms with Gasteiger partial charge >= 0.3 is 0 Å². The van der Waals surface area contributed by atoms with Crippen LogP contribution in [0, 0.1) is 0 Å². The van der Waals surface area contributed by atoms with Crippen molar-refractivity contribution in [1.82, 2.24) is 0 Å². The lowest BCUT2D eigenvalue weighted by Gasteiger charge is -2.19. The first kappa shape index (κ1) is 16.8. The van der Waals surface area contributed by atoms with E-state index < -0.39 is 0 Å². The van der Waals surface area contributed by atoms with Gasteiger partial charge in [-0.05, 0) is 54.7 Å². The van der Waals surface area contributed by atoms with Crippen molar-refractivity contribution in [2.75, 3.05) is 23.3 Å². The molecule has 126 valence electrons. The molecule has 4 heteroatoms. The third-order valence-electron chi connectivity index (χ3n) is 4.49. The molecule has 0 aromatic heterocycles. The van der Waals surface area contributed by atoms with E-state index in [0.717, 1.165) is 24.5 Å². The van der Waals surface area contributed by atoms with Crippen molar-refractivity contribution in [3.05, 3.63) is 58.6 Å². The molecule has 3 rings (SSSR count). The summed E-state index contributed by atoms with van der Waals surface area (Å²) in [7, 11) is 0. The molecule has 1 saturated heterocycles. The fourth-order valence-electron chi connectivity index (χ4n) is 3.02. The molecule has 0 spiro atoms. The Morgan fingerprint density at radius 1 is 1.08 bits per heavy atom. The van der Waals surface area contributed by atoms with E-state index in [1.807, 2.05) is 42.5 Å². The van der Waals surface area contributed by atoms with E-state index in [4.69, 9.17) is 11.6 Å². The van der Waals surface area contributed by atoms with Crippen LogP contribution >= 0.6 is 11.6 Å². The summed E-state index contributed by atoms with van der Waals surface area (Å²) >= 11 is 6.40. The van der Waals surface area contributed by atoms with E-state index >= 15 is 0 Å². The minimum absolute atomic E-state index is 0.115. The first-order valence-corrected chi connectivity index (χ1v) is 8.88. The van der Waals surface area contributed by atoms with E-state index in [-0.39, 0.29) is 5.91 Å². The van der Waals surface area contributed by atoms with Gasteiger partial charge in [-0.3, -0.25) is 4.79 Å². The van der Waals surface area contributed by atoms with Crippen LogP contribution in [0.4, 0.5) is 11.4 Å². The third-order valence-corrected chi connectivity index (χ3v) is 4.79. The molecule has 0 unspecified atom stereocenters. The average molecular weight is 343 g/mol. The maximum atomic E-state index is 12.4. The number of rotatable bonds is 4. The lowest BCUT2D eigenvalue weighted by molar-refractivity contribution is 0.102. The van der Waals surface area contributed by atoms with Crippen molar-refractivity contribution in [2.45, 2.75) is 32.6 Å². The smallest absolute Gasteiger partial charge is 0.255 e. The third kappa shape index (κ3) is 3.73. The molecule has 1 aliphatic rings. The number of halogens is 1. The largest absolute Gasteiger partial charge is 0.370 e. The second-order valence-electron chi connectivity index (χ2n) is 6.59. The van der Waals surface area contributed by atoms with Gasteiger partial charge in [-0.25, -0.2) is 0 Å². The van der Waals surface area contributed by atoms with Gasteiger partial charge in [-0.1, -0.05) is 37.6 Å². The Labute approximate surface area is 148 Å². The monoisotopic (exact) mass is 342 g/mol. The molecule has 1 N–H and O–H groups in total. The van der Waals surface area contributed by atoms with Crippen molar-refractivity contribution in [3.63, 3.8) is 0 Å². The quantitative estimate of drug-likeness (QED) is 0.816. The lowest BCUT2D eigenvalue weighted by atomic mass is 10.0. The van der Waals surface area contributed by atoms with Crippen molar-refractivity contribution in [3.8, 4) is 0 Å². The molecule has 1 fully saturated rings. The topological polar surface area (TPSA) is 32.3 Å². The first-order valence-electron chi connectivity index (χ1n) is 8.50. The van der Waals surface area contributed by atoms with Gasteiger partial charge in [0.1, 0.15) is 0 Å². The Bertz CT molecular complexity index is 719. The summed E-state index contributed by atoms with van der Waals surface area (Å²) in [6.07, 6.45) is 2.42. The molecule has 2 aromatic rings. The molecule has 1 amide bonds. The van der Waals surface area contributed by atoms with Gasteiger partial charge in [0.2, 0.25) is 0 Å². The average Bonchev–Trinajstić information content (AvgIpc) is 3.09. The van der Waals surface area contributed by atoms with Crippen LogP contribution < -0.4 is 10.2 Å². The van der Waals surface area contributed by atoms with Crippen molar-refractivity contribution < 1.29 is 4.79 Å². The molecular formula is C20H23ClN2O. The minimum Gasteiger partial charge on any atom is -0.370 e. The van der Waals surface area contributed by atoms with Crippen LogP contribution in [0.25, 0.3) is 0 Å². The van der Waals surface area contributed by atoms with Crippen LogP contribution in [-0.2, 0) is 0 Å². The van der Waals surface area contributed by atoms with E-state index in [2.05, 4.69) is 24.1 Å². The summed E-state index contributed by atoms with van der Waals surface area (Å²) in [6, 6.07) is 13.5. The highest BCUT2D eigenvalue weighted by molar-refractivity contribution is 6.33. The van der Waals surface area contributed by atoms with Crippen LogP contribution in [0.2, 0.25) is 5.02 Å². The Morgan fingerprint density at radius 2 is 1.75 bits per heavy atom. The molecule has 1 heterocycles. The molecule has 0 saturated carbocycles. The van der Waals surface area contributed by atoms with Crippen LogP contribution in [0.15, 0.2) is 42.5 Å². The number of nitrogens with zero attached hydrogens (tertiary/aromatic N) is 1. The zero-order valence-corrected chi connectivity index (χ0v) is 14.9. The van der Waals surface area contributed by atoms with Crippen molar-refractivity contribution >= 4 is 28.9 Å². The molecule has 0 bridgehead atoms. The predicted molar refractivity (Wildman–Crippen MR) is 101 cm³/mol. The second kappa shape index (κ2) is 7.27. The normalized spacial score (nSPS) is 14.2. The summed E-state index contributed by atoms with van der Waals surface area (Å²) in [5.41, 5.74) is 3.65. The molecule has 24 heavy (non-hydrogen) atoms. The van der Waals surface area contributed by atoms with Gasteiger partial charge in [-0.15, -0.1) is 0 Å². The molecule has 3 nitrogen and oxygen atoms in total. The van der Waals surface area contributed by atoms with Gasteiger partial charge in [0.05, 0.1) is 10.7 Å². The number of anilines is 2. The molecule has 2 aromatic carbocycles. The number of benzene rings is 2. The molecule has 1 aliphatic heterocycles. The van der Waals surface area contributed by atoms with Crippen LogP contribution in [0.5, 0.6) is 0 Å². The minimum atomic E-state index is -0.115. The van der Waals surface area contributed by atoms with Gasteiger partial charge in [0.25, 0.3) is 5.91 Å². The van der Waals surface area contributed by atoms with Crippen LogP contribution in [0.1, 0.15) is 48.5 Å². The molecule has 0 atom stereocenters. The van der Waals surface area contributed by atoms with E-state index in [1.165, 1.54) is 18.4 Å². The van der Waals surface area contributed by atoms with E-state index in [1.54, 1.807) is 0 Å². The van der Waals surface area contributed by atoms with Gasteiger partial charge < -0.3 is 10.2 Å². The maximum absolute atomic E-state index is 12.4. The summed E-state index contributed by atoms with van der Waals surface area (Å²) in [5, 5.41) is 3.61. The van der Waals surface area contributed by atoms with E-state index in [0.29, 0.717) is 16.5 Å². The summed E-state index contributed by atoms with van der Waals surface area (Å²) in [6.45, 7) is 6.37. The standard InChI is InChI=1S/C20H23ClN2O/c1-14(2)15-5-7-16(8-6-15)20(24)22-17-9-10-19(18(21)13-17)23-11-3-4-12-23/h5-10,13-14H,3-4,11-12H2,1-2H3,(H,22,24). The molecule has 0 aliphatic carbocycles. The lowest BCUT2D eigenvalue weighted by Crippen LogP contribution is -2.18. The highest BCUT2D eigenvalue weighted by Crippen LogP contribution is 2.31. The van der Waals surface area contributed by atoms with Gasteiger partial charge in [0.15, 0.2) is 0 Å². The first-order chi connectivity index (χ1) is 11.5. The van der Waals surface area contributed by atoms with E-state index in [9.17, 15) is 4.79 Å². The maximum Gasteiger partial charge on any atom is 0.255 e. The SMILES string of the molecule is CC(C)c1ccc(C(=O)Nc2ccc(N3CCCC3)c(Cl)c2)cc1. The Kier molecular flexibility index (Phi) is 5.10. The summed E-state index contributed by atoms with van der Waals surface area (Å²) < 4.78 is 0. The number of hydrogen-bond donors (Lipinski definition) is 1. The highest BCUT2D eigenvalue weighted by atomic mass is 35.5. The predicted octanol–water partition coefficient (Wildman–Crippen LogP) is 5.32.